The second-order valence-electron chi connectivity index (χ2n) is 8.06. The molecule has 150 valence electrons. The summed E-state index contributed by atoms with van der Waals surface area (Å²) < 4.78 is 12.0. The van der Waals surface area contributed by atoms with Gasteiger partial charge in [-0.15, -0.1) is 0 Å². The lowest BCUT2D eigenvalue weighted by Crippen LogP contribution is -2.30. The standard InChI is InChI=1S/C25H27NO3/c1-25(2)14-13-19-20(26-15-7-8-16-26)17-22(28-3)23(24(19)29-25)21(27)12-11-18-9-5-4-6-10-18/h4-6,9-14,17H,7-8,15-16H2,1-3H3/b12-11+. The van der Waals surface area contributed by atoms with Gasteiger partial charge in [0, 0.05) is 24.7 Å². The van der Waals surface area contributed by atoms with Gasteiger partial charge in [0.05, 0.1) is 12.8 Å². The largest absolute Gasteiger partial charge is 0.496 e. The van der Waals surface area contributed by atoms with E-state index in [-0.39, 0.29) is 5.78 Å². The van der Waals surface area contributed by atoms with Crippen molar-refractivity contribution in [2.75, 3.05) is 25.1 Å². The Labute approximate surface area is 172 Å². The first-order valence-corrected chi connectivity index (χ1v) is 10.1. The molecule has 2 aliphatic rings. The highest BCUT2D eigenvalue weighted by atomic mass is 16.5. The lowest BCUT2D eigenvalue weighted by atomic mass is 9.95. The number of rotatable bonds is 5. The number of methoxy groups -OCH3 is 1. The molecule has 2 aromatic carbocycles. The Kier molecular flexibility index (Phi) is 5.18. The van der Waals surface area contributed by atoms with E-state index in [1.807, 2.05) is 56.3 Å². The van der Waals surface area contributed by atoms with Crippen LogP contribution >= 0.6 is 0 Å². The molecule has 0 saturated carbocycles. The van der Waals surface area contributed by atoms with E-state index < -0.39 is 5.60 Å². The van der Waals surface area contributed by atoms with Gasteiger partial charge in [-0.25, -0.2) is 0 Å². The van der Waals surface area contributed by atoms with Gasteiger partial charge in [0.15, 0.2) is 5.78 Å². The van der Waals surface area contributed by atoms with Crippen molar-refractivity contribution in [2.24, 2.45) is 0 Å². The fourth-order valence-electron chi connectivity index (χ4n) is 3.92. The molecule has 0 radical (unpaired) electrons. The van der Waals surface area contributed by atoms with Crippen LogP contribution in [0.2, 0.25) is 0 Å². The van der Waals surface area contributed by atoms with E-state index in [2.05, 4.69) is 17.1 Å². The van der Waals surface area contributed by atoms with Crippen molar-refractivity contribution in [3.8, 4) is 11.5 Å². The number of ether oxygens (including phenoxy) is 2. The summed E-state index contributed by atoms with van der Waals surface area (Å²) in [6.45, 7) is 6.01. The Balaban J connectivity index is 1.81. The summed E-state index contributed by atoms with van der Waals surface area (Å²) in [5, 5.41) is 0. The van der Waals surface area contributed by atoms with Crippen LogP contribution in [0.4, 0.5) is 5.69 Å². The zero-order chi connectivity index (χ0) is 20.4. The average Bonchev–Trinajstić information content (AvgIpc) is 3.25. The summed E-state index contributed by atoms with van der Waals surface area (Å²) >= 11 is 0. The number of nitrogens with zero attached hydrogens (tertiary/aromatic N) is 1. The van der Waals surface area contributed by atoms with Crippen molar-refractivity contribution >= 4 is 23.6 Å². The van der Waals surface area contributed by atoms with Crippen LogP contribution in [0.1, 0.15) is 48.2 Å². The Morgan fingerprint density at radius 3 is 2.59 bits per heavy atom. The molecule has 0 atom stereocenters. The highest BCUT2D eigenvalue weighted by Crippen LogP contribution is 2.45. The van der Waals surface area contributed by atoms with E-state index in [1.54, 1.807) is 13.2 Å². The molecule has 0 amide bonds. The number of hydrogen-bond donors (Lipinski definition) is 0. The van der Waals surface area contributed by atoms with Crippen LogP contribution in [0.25, 0.3) is 12.2 Å². The van der Waals surface area contributed by atoms with Gasteiger partial charge < -0.3 is 14.4 Å². The van der Waals surface area contributed by atoms with Crippen LogP contribution in [0.5, 0.6) is 11.5 Å². The zero-order valence-corrected chi connectivity index (χ0v) is 17.3. The first kappa shape index (κ1) is 19.3. The van der Waals surface area contributed by atoms with Crippen LogP contribution < -0.4 is 14.4 Å². The summed E-state index contributed by atoms with van der Waals surface area (Å²) in [5.74, 6) is 1.04. The summed E-state index contributed by atoms with van der Waals surface area (Å²) in [6, 6.07) is 11.8. The third-order valence-electron chi connectivity index (χ3n) is 5.42. The predicted octanol–water partition coefficient (Wildman–Crippen LogP) is 5.38. The number of fused-ring (bicyclic) bond motifs is 1. The van der Waals surface area contributed by atoms with Gasteiger partial charge in [-0.3, -0.25) is 4.79 Å². The van der Waals surface area contributed by atoms with Crippen LogP contribution in [0.3, 0.4) is 0 Å². The number of ketones is 1. The number of carbonyl (C=O) groups is 1. The number of benzene rings is 2. The molecule has 2 heterocycles. The summed E-state index contributed by atoms with van der Waals surface area (Å²) in [7, 11) is 1.61. The number of anilines is 1. The first-order chi connectivity index (χ1) is 14.0. The maximum atomic E-state index is 13.2. The Bertz CT molecular complexity index is 967. The zero-order valence-electron chi connectivity index (χ0n) is 17.3. The van der Waals surface area contributed by atoms with E-state index in [0.717, 1.165) is 29.9 Å². The maximum Gasteiger partial charge on any atom is 0.193 e. The van der Waals surface area contributed by atoms with Crippen molar-refractivity contribution in [1.29, 1.82) is 0 Å². The second kappa shape index (κ2) is 7.78. The van der Waals surface area contributed by atoms with Gasteiger partial charge in [-0.2, -0.15) is 0 Å². The van der Waals surface area contributed by atoms with Gasteiger partial charge in [0.2, 0.25) is 0 Å². The SMILES string of the molecule is COc1cc(N2CCCC2)c2c(c1C(=O)/C=C/c1ccccc1)OC(C)(C)C=C2. The van der Waals surface area contributed by atoms with Gasteiger partial charge in [0.1, 0.15) is 22.7 Å². The van der Waals surface area contributed by atoms with E-state index in [4.69, 9.17) is 9.47 Å². The molecule has 4 rings (SSSR count). The number of carbonyl (C=O) groups excluding carboxylic acids is 1. The van der Waals surface area contributed by atoms with Gasteiger partial charge in [0.25, 0.3) is 0 Å². The van der Waals surface area contributed by atoms with Crippen LogP contribution in [0.15, 0.2) is 48.6 Å². The third-order valence-corrected chi connectivity index (χ3v) is 5.42. The molecule has 2 aromatic rings. The van der Waals surface area contributed by atoms with Gasteiger partial charge in [-0.1, -0.05) is 36.4 Å². The Morgan fingerprint density at radius 2 is 1.90 bits per heavy atom. The number of hydrogen-bond acceptors (Lipinski definition) is 4. The molecule has 0 aliphatic carbocycles. The van der Waals surface area contributed by atoms with Crippen LogP contribution in [0, 0.1) is 0 Å². The third kappa shape index (κ3) is 3.93. The van der Waals surface area contributed by atoms with Crippen molar-refractivity contribution in [3.05, 3.63) is 65.2 Å². The minimum absolute atomic E-state index is 0.124. The van der Waals surface area contributed by atoms with Crippen LogP contribution in [-0.2, 0) is 0 Å². The van der Waals surface area contributed by atoms with E-state index in [9.17, 15) is 4.79 Å². The van der Waals surface area contributed by atoms with Crippen molar-refractivity contribution in [3.63, 3.8) is 0 Å². The smallest absolute Gasteiger partial charge is 0.193 e. The Hall–Kier alpha value is -3.01. The fraction of sp³-hybridized carbons (Fsp3) is 0.320. The van der Waals surface area contributed by atoms with Gasteiger partial charge >= 0.3 is 0 Å². The summed E-state index contributed by atoms with van der Waals surface area (Å²) in [5.41, 5.74) is 3.01. The molecule has 0 spiro atoms. The second-order valence-corrected chi connectivity index (χ2v) is 8.06. The molecular weight excluding hydrogens is 362 g/mol. The molecule has 4 nitrogen and oxygen atoms in total. The highest BCUT2D eigenvalue weighted by molar-refractivity contribution is 6.12. The molecule has 1 fully saturated rings. The van der Waals surface area contributed by atoms with E-state index in [0.29, 0.717) is 17.1 Å². The molecule has 0 N–H and O–H groups in total. The lowest BCUT2D eigenvalue weighted by molar-refractivity contribution is 0.103. The summed E-state index contributed by atoms with van der Waals surface area (Å²) in [4.78, 5) is 15.6. The Morgan fingerprint density at radius 1 is 1.17 bits per heavy atom. The molecule has 4 heteroatoms. The molecule has 2 aliphatic heterocycles. The molecule has 1 saturated heterocycles. The lowest BCUT2D eigenvalue weighted by Gasteiger charge is -2.33. The number of allylic oxidation sites excluding steroid dienone is 1. The monoisotopic (exact) mass is 389 g/mol. The topological polar surface area (TPSA) is 38.8 Å². The predicted molar refractivity (Wildman–Crippen MR) is 118 cm³/mol. The fourth-order valence-corrected chi connectivity index (χ4v) is 3.92. The maximum absolute atomic E-state index is 13.2. The minimum atomic E-state index is -0.486. The average molecular weight is 389 g/mol. The van der Waals surface area contributed by atoms with Crippen molar-refractivity contribution < 1.29 is 14.3 Å². The molecule has 0 bridgehead atoms. The van der Waals surface area contributed by atoms with Gasteiger partial charge in [-0.05, 0) is 50.5 Å². The summed E-state index contributed by atoms with van der Waals surface area (Å²) in [6.07, 6.45) is 9.91. The highest BCUT2D eigenvalue weighted by Gasteiger charge is 2.32. The quantitative estimate of drug-likeness (QED) is 0.509. The normalized spacial score (nSPS) is 17.3. The van der Waals surface area contributed by atoms with E-state index in [1.165, 1.54) is 12.8 Å². The first-order valence-electron chi connectivity index (χ1n) is 10.1. The van der Waals surface area contributed by atoms with E-state index >= 15 is 0 Å². The molecular formula is C25H27NO3. The molecule has 0 unspecified atom stereocenters. The van der Waals surface area contributed by atoms with Crippen molar-refractivity contribution in [1.82, 2.24) is 0 Å². The van der Waals surface area contributed by atoms with Crippen molar-refractivity contribution in [2.45, 2.75) is 32.3 Å². The minimum Gasteiger partial charge on any atom is -0.496 e. The molecule has 29 heavy (non-hydrogen) atoms. The molecule has 0 aromatic heterocycles. The van der Waals surface area contributed by atoms with Crippen LogP contribution in [-0.4, -0.2) is 31.6 Å².